The van der Waals surface area contributed by atoms with Gasteiger partial charge in [0.2, 0.25) is 0 Å². The Bertz CT molecular complexity index is 894. The summed E-state index contributed by atoms with van der Waals surface area (Å²) in [4.78, 5) is 23.7. The number of carbonyl (C=O) groups is 2. The quantitative estimate of drug-likeness (QED) is 0.626. The average Bonchev–Trinajstić information content (AvgIpc) is 2.68. The van der Waals surface area contributed by atoms with Crippen molar-refractivity contribution < 1.29 is 23.8 Å². The summed E-state index contributed by atoms with van der Waals surface area (Å²) in [7, 11) is 0. The van der Waals surface area contributed by atoms with Crippen molar-refractivity contribution in [2.75, 3.05) is 25.1 Å². The van der Waals surface area contributed by atoms with E-state index in [1.54, 1.807) is 49.4 Å². The van der Waals surface area contributed by atoms with Gasteiger partial charge in [0.1, 0.15) is 13.2 Å². The number of halogens is 1. The molecule has 1 N–H and O–H groups in total. The zero-order valence-electron chi connectivity index (χ0n) is 14.7. The lowest BCUT2D eigenvalue weighted by molar-refractivity contribution is -0.142. The van der Waals surface area contributed by atoms with Gasteiger partial charge in [0, 0.05) is 16.8 Å². The fourth-order valence-electron chi connectivity index (χ4n) is 2.44. The van der Waals surface area contributed by atoms with Crippen LogP contribution in [0.3, 0.4) is 0 Å². The molecule has 1 aliphatic rings. The summed E-state index contributed by atoms with van der Waals surface area (Å²) in [5, 5.41) is 3.21. The second-order valence-corrected chi connectivity index (χ2v) is 6.21. The van der Waals surface area contributed by atoms with Crippen LogP contribution in [0.4, 0.5) is 5.69 Å². The number of fused-ring (bicyclic) bond motifs is 1. The number of amides is 1. The standard InChI is InChI=1S/C20H18ClNO5/c1-13-15(21)3-2-4-16(13)22-19(23)12-27-20(24)8-6-14-5-7-17-18(11-14)26-10-9-25-17/h2-8,11H,9-10,12H2,1H3,(H,22,23)/b8-6+. The molecule has 27 heavy (non-hydrogen) atoms. The van der Waals surface area contributed by atoms with Gasteiger partial charge in [-0.2, -0.15) is 0 Å². The number of esters is 1. The number of hydrogen-bond donors (Lipinski definition) is 1. The molecule has 0 fully saturated rings. The number of anilines is 1. The monoisotopic (exact) mass is 387 g/mol. The third kappa shape index (κ3) is 5.01. The van der Waals surface area contributed by atoms with Gasteiger partial charge in [-0.05, 0) is 48.4 Å². The summed E-state index contributed by atoms with van der Waals surface area (Å²) < 4.78 is 15.9. The Morgan fingerprint density at radius 2 is 1.96 bits per heavy atom. The Hall–Kier alpha value is -2.99. The van der Waals surface area contributed by atoms with Crippen LogP contribution < -0.4 is 14.8 Å². The number of nitrogens with one attached hydrogen (secondary N) is 1. The molecule has 0 radical (unpaired) electrons. The number of benzene rings is 2. The Balaban J connectivity index is 1.51. The van der Waals surface area contributed by atoms with Crippen molar-refractivity contribution in [2.45, 2.75) is 6.92 Å². The van der Waals surface area contributed by atoms with E-state index in [1.807, 2.05) is 0 Å². The van der Waals surface area contributed by atoms with Crippen LogP contribution in [0.1, 0.15) is 11.1 Å². The van der Waals surface area contributed by atoms with Crippen molar-refractivity contribution in [1.29, 1.82) is 0 Å². The van der Waals surface area contributed by atoms with Crippen LogP contribution in [0.25, 0.3) is 6.08 Å². The van der Waals surface area contributed by atoms with E-state index in [4.69, 9.17) is 25.8 Å². The van der Waals surface area contributed by atoms with Crippen molar-refractivity contribution in [3.8, 4) is 11.5 Å². The first-order valence-electron chi connectivity index (χ1n) is 8.32. The van der Waals surface area contributed by atoms with Crippen LogP contribution in [0.5, 0.6) is 11.5 Å². The maximum Gasteiger partial charge on any atom is 0.331 e. The third-order valence-electron chi connectivity index (χ3n) is 3.87. The van der Waals surface area contributed by atoms with Gasteiger partial charge in [0.05, 0.1) is 0 Å². The van der Waals surface area contributed by atoms with E-state index >= 15 is 0 Å². The summed E-state index contributed by atoms with van der Waals surface area (Å²) in [6, 6.07) is 10.5. The van der Waals surface area contributed by atoms with Crippen molar-refractivity contribution >= 4 is 35.2 Å². The normalized spacial score (nSPS) is 12.7. The molecule has 0 bridgehead atoms. The molecule has 3 rings (SSSR count). The van der Waals surface area contributed by atoms with Crippen molar-refractivity contribution in [3.63, 3.8) is 0 Å². The van der Waals surface area contributed by atoms with Gasteiger partial charge < -0.3 is 19.5 Å². The molecule has 0 aliphatic carbocycles. The van der Waals surface area contributed by atoms with Crippen molar-refractivity contribution in [2.24, 2.45) is 0 Å². The predicted molar refractivity (Wildman–Crippen MR) is 102 cm³/mol. The van der Waals surface area contributed by atoms with Crippen molar-refractivity contribution in [1.82, 2.24) is 0 Å². The van der Waals surface area contributed by atoms with Crippen LogP contribution in [0, 0.1) is 6.92 Å². The highest BCUT2D eigenvalue weighted by atomic mass is 35.5. The molecule has 2 aromatic rings. The van der Waals surface area contributed by atoms with Gasteiger partial charge in [-0.15, -0.1) is 0 Å². The molecule has 0 spiro atoms. The minimum atomic E-state index is -0.622. The molecule has 0 saturated carbocycles. The summed E-state index contributed by atoms with van der Waals surface area (Å²) in [5.41, 5.74) is 2.09. The van der Waals surface area contributed by atoms with E-state index in [-0.39, 0.29) is 0 Å². The lowest BCUT2D eigenvalue weighted by Gasteiger charge is -2.18. The average molecular weight is 388 g/mol. The molecule has 0 unspecified atom stereocenters. The SMILES string of the molecule is Cc1c(Cl)cccc1NC(=O)COC(=O)/C=C/c1ccc2c(c1)OCCO2. The van der Waals surface area contributed by atoms with Crippen LogP contribution in [0.15, 0.2) is 42.5 Å². The van der Waals surface area contributed by atoms with E-state index in [0.717, 1.165) is 11.1 Å². The van der Waals surface area contributed by atoms with E-state index < -0.39 is 18.5 Å². The van der Waals surface area contributed by atoms with E-state index in [2.05, 4.69) is 5.32 Å². The zero-order valence-corrected chi connectivity index (χ0v) is 15.4. The molecule has 0 saturated heterocycles. The molecule has 1 heterocycles. The molecule has 2 aromatic carbocycles. The highest BCUT2D eigenvalue weighted by molar-refractivity contribution is 6.31. The molecule has 6 nitrogen and oxygen atoms in total. The fraction of sp³-hybridized carbons (Fsp3) is 0.200. The first kappa shape index (κ1) is 18.8. The number of carbonyl (C=O) groups excluding carboxylic acids is 2. The summed E-state index contributed by atoms with van der Waals surface area (Å²) in [6.45, 7) is 2.41. The van der Waals surface area contributed by atoms with Gasteiger partial charge in [-0.3, -0.25) is 4.79 Å². The van der Waals surface area contributed by atoms with Gasteiger partial charge in [-0.1, -0.05) is 23.7 Å². The van der Waals surface area contributed by atoms with E-state index in [9.17, 15) is 9.59 Å². The molecular formula is C20H18ClNO5. The minimum Gasteiger partial charge on any atom is -0.486 e. The second-order valence-electron chi connectivity index (χ2n) is 5.80. The second kappa shape index (κ2) is 8.60. The maximum absolute atomic E-state index is 11.9. The lowest BCUT2D eigenvalue weighted by Crippen LogP contribution is -2.20. The number of rotatable bonds is 5. The molecule has 1 amide bonds. The highest BCUT2D eigenvalue weighted by Gasteiger charge is 2.11. The Morgan fingerprint density at radius 3 is 2.78 bits per heavy atom. The first-order chi connectivity index (χ1) is 13.0. The minimum absolute atomic E-state index is 0.393. The summed E-state index contributed by atoms with van der Waals surface area (Å²) in [5.74, 6) is 0.242. The van der Waals surface area contributed by atoms with Crippen LogP contribution >= 0.6 is 11.6 Å². The fourth-order valence-corrected chi connectivity index (χ4v) is 2.62. The van der Waals surface area contributed by atoms with E-state index in [1.165, 1.54) is 6.08 Å². The van der Waals surface area contributed by atoms with Gasteiger partial charge in [-0.25, -0.2) is 4.79 Å². The van der Waals surface area contributed by atoms with Crippen LogP contribution in [0.2, 0.25) is 5.02 Å². The largest absolute Gasteiger partial charge is 0.486 e. The molecule has 7 heteroatoms. The molecule has 140 valence electrons. The predicted octanol–water partition coefficient (Wildman–Crippen LogP) is 3.61. The molecular weight excluding hydrogens is 370 g/mol. The van der Waals surface area contributed by atoms with Gasteiger partial charge in [0.15, 0.2) is 18.1 Å². The number of hydrogen-bond acceptors (Lipinski definition) is 5. The lowest BCUT2D eigenvalue weighted by atomic mass is 10.2. The topological polar surface area (TPSA) is 73.9 Å². The molecule has 1 aliphatic heterocycles. The van der Waals surface area contributed by atoms with Gasteiger partial charge >= 0.3 is 5.97 Å². The maximum atomic E-state index is 11.9. The highest BCUT2D eigenvalue weighted by Crippen LogP contribution is 2.31. The molecule has 0 aromatic heterocycles. The Kier molecular flexibility index (Phi) is 5.98. The zero-order chi connectivity index (χ0) is 19.2. The van der Waals surface area contributed by atoms with Crippen molar-refractivity contribution in [3.05, 3.63) is 58.6 Å². The smallest absolute Gasteiger partial charge is 0.331 e. The number of ether oxygens (including phenoxy) is 3. The van der Waals surface area contributed by atoms with Gasteiger partial charge in [0.25, 0.3) is 5.91 Å². The van der Waals surface area contributed by atoms with Crippen LogP contribution in [-0.4, -0.2) is 31.7 Å². The van der Waals surface area contributed by atoms with E-state index in [0.29, 0.717) is 35.4 Å². The first-order valence-corrected chi connectivity index (χ1v) is 8.70. The Morgan fingerprint density at radius 1 is 1.19 bits per heavy atom. The Labute approximate surface area is 161 Å². The third-order valence-corrected chi connectivity index (χ3v) is 4.27. The summed E-state index contributed by atoms with van der Waals surface area (Å²) in [6.07, 6.45) is 2.84. The summed E-state index contributed by atoms with van der Waals surface area (Å²) >= 11 is 6.01. The van der Waals surface area contributed by atoms with Crippen LogP contribution in [-0.2, 0) is 14.3 Å². The molecule has 0 atom stereocenters.